The van der Waals surface area contributed by atoms with Crippen molar-refractivity contribution >= 4 is 17.3 Å². The largest absolute Gasteiger partial charge is 0.502 e. The molecule has 32 heavy (non-hydrogen) atoms. The Morgan fingerprint density at radius 1 is 1.09 bits per heavy atom. The van der Waals surface area contributed by atoms with Crippen molar-refractivity contribution < 1.29 is 19.7 Å². The van der Waals surface area contributed by atoms with Crippen LogP contribution in [-0.4, -0.2) is 39.7 Å². The van der Waals surface area contributed by atoms with Gasteiger partial charge in [0, 0.05) is 11.4 Å². The number of nitrogens with one attached hydrogen (secondary N) is 2. The molecule has 2 heterocycles. The first kappa shape index (κ1) is 21.3. The fraction of sp³-hybridized carbons (Fsp3) is 0.190. The SMILES string of the molecule is COc1cc([C@@H]2CC(c3c(O)n(-c4ccc(Cl)cc4)c(=O)[nH]c3=O)=NN2)cc(OC)c1O. The average Bonchev–Trinajstić information content (AvgIpc) is 3.24. The fourth-order valence-corrected chi connectivity index (χ4v) is 3.65. The monoisotopic (exact) mass is 458 g/mol. The Morgan fingerprint density at radius 3 is 2.31 bits per heavy atom. The number of hydrogen-bond donors (Lipinski definition) is 4. The van der Waals surface area contributed by atoms with Crippen LogP contribution in [0.4, 0.5) is 0 Å². The lowest BCUT2D eigenvalue weighted by Crippen LogP contribution is -2.33. The molecule has 0 fully saturated rings. The van der Waals surface area contributed by atoms with Gasteiger partial charge >= 0.3 is 5.69 Å². The van der Waals surface area contributed by atoms with Crippen molar-refractivity contribution in [2.45, 2.75) is 12.5 Å². The molecule has 1 aliphatic rings. The summed E-state index contributed by atoms with van der Waals surface area (Å²) in [5.74, 6) is -0.247. The number of halogens is 1. The predicted octanol–water partition coefficient (Wildman–Crippen LogP) is 2.05. The highest BCUT2D eigenvalue weighted by Crippen LogP contribution is 2.40. The first-order valence-corrected chi connectivity index (χ1v) is 9.83. The minimum atomic E-state index is -0.797. The number of rotatable bonds is 5. The number of nitrogens with zero attached hydrogens (tertiary/aromatic N) is 2. The Labute approximate surface area is 186 Å². The van der Waals surface area contributed by atoms with Crippen molar-refractivity contribution in [2.24, 2.45) is 5.10 Å². The normalized spacial score (nSPS) is 15.2. The zero-order valence-electron chi connectivity index (χ0n) is 17.0. The summed E-state index contributed by atoms with van der Waals surface area (Å²) < 4.78 is 11.3. The minimum Gasteiger partial charge on any atom is -0.502 e. The van der Waals surface area contributed by atoms with E-state index < -0.39 is 23.2 Å². The van der Waals surface area contributed by atoms with Crippen LogP contribution in [0.3, 0.4) is 0 Å². The first-order valence-electron chi connectivity index (χ1n) is 9.45. The number of aromatic hydroxyl groups is 2. The maximum absolute atomic E-state index is 12.5. The number of H-pyrrole nitrogens is 1. The molecule has 166 valence electrons. The van der Waals surface area contributed by atoms with Gasteiger partial charge in [0.25, 0.3) is 5.56 Å². The van der Waals surface area contributed by atoms with Gasteiger partial charge in [0.15, 0.2) is 11.5 Å². The Kier molecular flexibility index (Phi) is 5.54. The molecule has 1 aliphatic heterocycles. The zero-order chi connectivity index (χ0) is 23.0. The molecule has 0 amide bonds. The van der Waals surface area contributed by atoms with E-state index in [1.165, 1.54) is 26.4 Å². The summed E-state index contributed by atoms with van der Waals surface area (Å²) >= 11 is 5.90. The molecule has 0 aliphatic carbocycles. The summed E-state index contributed by atoms with van der Waals surface area (Å²) in [5, 5.41) is 25.6. The standard InChI is InChI=1S/C21H19ClN4O6/c1-31-15-7-10(8-16(32-2)18(15)27)13-9-14(25-24-13)17-19(28)23-21(30)26(20(17)29)12-5-3-11(22)4-6-12/h3-8,13,24,27,29H,9H2,1-2H3,(H,23,28,30)/t13-/m0/s1. The summed E-state index contributed by atoms with van der Waals surface area (Å²) in [6.07, 6.45) is 0.215. The molecular weight excluding hydrogens is 440 g/mol. The number of hydrogen-bond acceptors (Lipinski definition) is 8. The molecule has 0 bridgehead atoms. The molecule has 4 rings (SSSR count). The van der Waals surface area contributed by atoms with Gasteiger partial charge in [0.1, 0.15) is 5.56 Å². The number of aromatic amines is 1. The Morgan fingerprint density at radius 2 is 1.72 bits per heavy atom. The highest BCUT2D eigenvalue weighted by Gasteiger charge is 2.29. The molecule has 4 N–H and O–H groups in total. The quantitative estimate of drug-likeness (QED) is 0.459. The molecule has 0 radical (unpaired) electrons. The summed E-state index contributed by atoms with van der Waals surface area (Å²) in [5.41, 5.74) is 2.47. The second kappa shape index (κ2) is 8.31. The molecule has 1 aromatic heterocycles. The van der Waals surface area contributed by atoms with Gasteiger partial charge in [0.2, 0.25) is 11.6 Å². The van der Waals surface area contributed by atoms with E-state index >= 15 is 0 Å². The second-order valence-electron chi connectivity index (χ2n) is 6.99. The van der Waals surface area contributed by atoms with Crippen LogP contribution in [-0.2, 0) is 0 Å². The van der Waals surface area contributed by atoms with Gasteiger partial charge in [-0.1, -0.05) is 11.6 Å². The molecule has 3 aromatic rings. The topological polar surface area (TPSA) is 138 Å². The number of phenols is 1. The van der Waals surface area contributed by atoms with Crippen LogP contribution in [0.25, 0.3) is 5.69 Å². The van der Waals surface area contributed by atoms with E-state index in [2.05, 4.69) is 15.5 Å². The van der Waals surface area contributed by atoms with Gasteiger partial charge in [0.05, 0.1) is 31.7 Å². The van der Waals surface area contributed by atoms with Crippen molar-refractivity contribution in [1.29, 1.82) is 0 Å². The number of hydrazone groups is 1. The van der Waals surface area contributed by atoms with Crippen LogP contribution in [0.2, 0.25) is 5.02 Å². The van der Waals surface area contributed by atoms with Crippen LogP contribution < -0.4 is 26.1 Å². The lowest BCUT2D eigenvalue weighted by atomic mass is 9.99. The number of phenolic OH excluding ortho intramolecular Hbond substituents is 1. The number of ether oxygens (including phenoxy) is 2. The van der Waals surface area contributed by atoms with Gasteiger partial charge in [-0.2, -0.15) is 5.10 Å². The van der Waals surface area contributed by atoms with Crippen LogP contribution in [0.5, 0.6) is 23.1 Å². The average molecular weight is 459 g/mol. The summed E-state index contributed by atoms with van der Waals surface area (Å²) in [6.45, 7) is 0. The zero-order valence-corrected chi connectivity index (χ0v) is 17.8. The lowest BCUT2D eigenvalue weighted by molar-refractivity contribution is 0.338. The minimum absolute atomic E-state index is 0.132. The third-order valence-electron chi connectivity index (χ3n) is 5.12. The number of aromatic nitrogens is 2. The van der Waals surface area contributed by atoms with Crippen molar-refractivity contribution in [2.75, 3.05) is 14.2 Å². The first-order chi connectivity index (χ1) is 15.3. The summed E-state index contributed by atoms with van der Waals surface area (Å²) in [7, 11) is 2.83. The van der Waals surface area contributed by atoms with Crippen molar-refractivity contribution in [1.82, 2.24) is 15.0 Å². The molecule has 10 nitrogen and oxygen atoms in total. The molecule has 2 aromatic carbocycles. The molecule has 0 saturated heterocycles. The molecule has 1 atom stereocenters. The lowest BCUT2D eigenvalue weighted by Gasteiger charge is -2.15. The fourth-order valence-electron chi connectivity index (χ4n) is 3.52. The van der Waals surface area contributed by atoms with E-state index in [9.17, 15) is 19.8 Å². The van der Waals surface area contributed by atoms with Crippen LogP contribution in [0, 0.1) is 0 Å². The van der Waals surface area contributed by atoms with Crippen LogP contribution >= 0.6 is 11.6 Å². The molecule has 0 unspecified atom stereocenters. The van der Waals surface area contributed by atoms with E-state index in [1.807, 2.05) is 0 Å². The van der Waals surface area contributed by atoms with E-state index in [0.29, 0.717) is 16.3 Å². The van der Waals surface area contributed by atoms with Gasteiger partial charge in [-0.15, -0.1) is 0 Å². The van der Waals surface area contributed by atoms with Gasteiger partial charge in [-0.3, -0.25) is 9.78 Å². The molecular formula is C21H19ClN4O6. The number of benzene rings is 2. The van der Waals surface area contributed by atoms with Crippen molar-refractivity contribution in [3.63, 3.8) is 0 Å². The van der Waals surface area contributed by atoms with E-state index in [4.69, 9.17) is 21.1 Å². The third-order valence-corrected chi connectivity index (χ3v) is 5.37. The maximum Gasteiger partial charge on any atom is 0.335 e. The van der Waals surface area contributed by atoms with E-state index in [0.717, 1.165) is 4.57 Å². The Hall–Kier alpha value is -3.92. The van der Waals surface area contributed by atoms with Crippen molar-refractivity contribution in [3.05, 3.63) is 73.4 Å². The third kappa shape index (κ3) is 3.65. The van der Waals surface area contributed by atoms with E-state index in [1.54, 1.807) is 24.3 Å². The number of methoxy groups -OCH3 is 2. The maximum atomic E-state index is 12.5. The summed E-state index contributed by atoms with van der Waals surface area (Å²) in [6, 6.07) is 9.03. The Bertz CT molecular complexity index is 1300. The van der Waals surface area contributed by atoms with Gasteiger partial charge in [-0.25, -0.2) is 9.36 Å². The second-order valence-corrected chi connectivity index (χ2v) is 7.42. The van der Waals surface area contributed by atoms with E-state index in [-0.39, 0.29) is 34.9 Å². The van der Waals surface area contributed by atoms with Crippen LogP contribution in [0.15, 0.2) is 51.1 Å². The molecule has 0 spiro atoms. The van der Waals surface area contributed by atoms with Gasteiger partial charge in [-0.05, 0) is 42.0 Å². The predicted molar refractivity (Wildman–Crippen MR) is 118 cm³/mol. The van der Waals surface area contributed by atoms with Gasteiger partial charge < -0.3 is 25.1 Å². The van der Waals surface area contributed by atoms with Crippen molar-refractivity contribution in [3.8, 4) is 28.8 Å². The summed E-state index contributed by atoms with van der Waals surface area (Å²) in [4.78, 5) is 27.1. The van der Waals surface area contributed by atoms with Crippen LogP contribution in [0.1, 0.15) is 23.6 Å². The Balaban J connectivity index is 1.72. The highest BCUT2D eigenvalue weighted by molar-refractivity contribution is 6.30. The highest BCUT2D eigenvalue weighted by atomic mass is 35.5. The molecule has 0 saturated carbocycles. The smallest absolute Gasteiger partial charge is 0.335 e. The molecule has 11 heteroatoms.